The smallest absolute Gasteiger partial charge is 0.306 e. The number of carbonyl (C=O) groups excluding carboxylic acids is 1. The van der Waals surface area contributed by atoms with Crippen LogP contribution in [0.5, 0.6) is 0 Å². The molecule has 1 aromatic rings. The molecule has 0 unspecified atom stereocenters. The highest BCUT2D eigenvalue weighted by Gasteiger charge is 2.33. The van der Waals surface area contributed by atoms with Gasteiger partial charge < -0.3 is 10.0 Å². The summed E-state index contributed by atoms with van der Waals surface area (Å²) >= 11 is 3.44. The van der Waals surface area contributed by atoms with E-state index in [0.717, 1.165) is 10.0 Å². The van der Waals surface area contributed by atoms with Gasteiger partial charge in [-0.25, -0.2) is 4.39 Å². The minimum absolute atomic E-state index is 0.0406. The Labute approximate surface area is 142 Å². The number of amides is 1. The summed E-state index contributed by atoms with van der Waals surface area (Å²) < 4.78 is 14.9. The molecule has 0 bridgehead atoms. The molecule has 2 aliphatic rings. The number of halogens is 2. The van der Waals surface area contributed by atoms with E-state index in [9.17, 15) is 14.0 Å². The number of hydrogen-bond acceptors (Lipinski definition) is 2. The van der Waals surface area contributed by atoms with Gasteiger partial charge in [-0.2, -0.15) is 0 Å². The second kappa shape index (κ2) is 6.59. The summed E-state index contributed by atoms with van der Waals surface area (Å²) in [4.78, 5) is 25.4. The molecule has 1 saturated carbocycles. The fraction of sp³-hybridized carbons (Fsp3) is 0.529. The number of hydrogen-bond donors (Lipinski definition) is 1. The van der Waals surface area contributed by atoms with E-state index in [0.29, 0.717) is 50.8 Å². The molecule has 1 aliphatic carbocycles. The SMILES string of the molecule is O=C(O)C1CCC(C(=O)N2CCc3c(Br)ccc(F)c3C2)CC1. The van der Waals surface area contributed by atoms with Crippen LogP contribution in [0.2, 0.25) is 0 Å². The first kappa shape index (κ1) is 16.4. The highest BCUT2D eigenvalue weighted by atomic mass is 79.9. The molecule has 0 atom stereocenters. The summed E-state index contributed by atoms with van der Waals surface area (Å²) in [5.41, 5.74) is 1.54. The lowest BCUT2D eigenvalue weighted by molar-refractivity contribution is -0.146. The summed E-state index contributed by atoms with van der Waals surface area (Å²) in [5, 5.41) is 9.04. The fourth-order valence-corrected chi connectivity index (χ4v) is 4.20. The van der Waals surface area contributed by atoms with Gasteiger partial charge in [-0.3, -0.25) is 9.59 Å². The predicted octanol–water partition coefficient (Wildman–Crippen LogP) is 3.36. The number of nitrogens with zero attached hydrogens (tertiary/aromatic N) is 1. The zero-order chi connectivity index (χ0) is 16.6. The molecular weight excluding hydrogens is 365 g/mol. The lowest BCUT2D eigenvalue weighted by Gasteiger charge is -2.34. The Bertz CT molecular complexity index is 641. The second-order valence-electron chi connectivity index (χ2n) is 6.38. The quantitative estimate of drug-likeness (QED) is 0.851. The average molecular weight is 384 g/mol. The molecule has 1 aliphatic heterocycles. The van der Waals surface area contributed by atoms with Crippen molar-refractivity contribution < 1.29 is 19.1 Å². The molecule has 1 N–H and O–H groups in total. The number of benzene rings is 1. The molecule has 23 heavy (non-hydrogen) atoms. The molecule has 0 aromatic heterocycles. The summed E-state index contributed by atoms with van der Waals surface area (Å²) in [6.45, 7) is 0.894. The first-order valence-corrected chi connectivity index (χ1v) is 8.74. The van der Waals surface area contributed by atoms with Crippen molar-refractivity contribution in [3.63, 3.8) is 0 Å². The van der Waals surface area contributed by atoms with Crippen LogP contribution in [0, 0.1) is 17.7 Å². The molecule has 3 rings (SSSR count). The van der Waals surface area contributed by atoms with Crippen LogP contribution in [0.1, 0.15) is 36.8 Å². The predicted molar refractivity (Wildman–Crippen MR) is 86.3 cm³/mol. The third-order valence-corrected chi connectivity index (χ3v) is 5.78. The van der Waals surface area contributed by atoms with Crippen molar-refractivity contribution >= 4 is 27.8 Å². The number of rotatable bonds is 2. The first-order valence-electron chi connectivity index (χ1n) is 7.94. The molecule has 1 heterocycles. The van der Waals surface area contributed by atoms with E-state index in [1.807, 2.05) is 0 Å². The first-order chi connectivity index (χ1) is 11.0. The molecule has 1 amide bonds. The van der Waals surface area contributed by atoms with Crippen molar-refractivity contribution in [2.75, 3.05) is 6.54 Å². The number of carbonyl (C=O) groups is 2. The lowest BCUT2D eigenvalue weighted by Crippen LogP contribution is -2.41. The van der Waals surface area contributed by atoms with Gasteiger partial charge in [0.2, 0.25) is 5.91 Å². The number of aliphatic carboxylic acids is 1. The van der Waals surface area contributed by atoms with Crippen LogP contribution in [0.4, 0.5) is 4.39 Å². The van der Waals surface area contributed by atoms with E-state index in [2.05, 4.69) is 15.9 Å². The number of carboxylic acids is 1. The molecule has 6 heteroatoms. The fourth-order valence-electron chi connectivity index (χ4n) is 3.63. The Morgan fingerprint density at radius 3 is 2.43 bits per heavy atom. The minimum Gasteiger partial charge on any atom is -0.481 e. The third-order valence-electron chi connectivity index (χ3n) is 5.03. The Balaban J connectivity index is 1.68. The van der Waals surface area contributed by atoms with Crippen LogP contribution in [-0.4, -0.2) is 28.4 Å². The molecule has 4 nitrogen and oxygen atoms in total. The highest BCUT2D eigenvalue weighted by Crippen LogP contribution is 2.33. The standard InChI is InChI=1S/C17H19BrFNO3/c18-14-5-6-15(19)13-9-20(8-7-12(13)14)16(21)10-1-3-11(4-2-10)17(22)23/h5-6,10-11H,1-4,7-9H2,(H,22,23). The van der Waals surface area contributed by atoms with Gasteiger partial charge >= 0.3 is 5.97 Å². The van der Waals surface area contributed by atoms with E-state index >= 15 is 0 Å². The number of carboxylic acid groups (broad SMARTS) is 1. The molecule has 1 aromatic carbocycles. The van der Waals surface area contributed by atoms with Gasteiger partial charge in [-0.05, 0) is 49.8 Å². The van der Waals surface area contributed by atoms with Crippen molar-refractivity contribution in [3.8, 4) is 0 Å². The number of fused-ring (bicyclic) bond motifs is 1. The van der Waals surface area contributed by atoms with E-state index in [1.54, 1.807) is 11.0 Å². The molecule has 0 radical (unpaired) electrons. The van der Waals surface area contributed by atoms with Crippen molar-refractivity contribution in [3.05, 3.63) is 33.5 Å². The average Bonchev–Trinajstić information content (AvgIpc) is 2.57. The molecule has 0 spiro atoms. The zero-order valence-corrected chi connectivity index (χ0v) is 14.3. The van der Waals surface area contributed by atoms with Crippen molar-refractivity contribution in [1.82, 2.24) is 4.90 Å². The Morgan fingerprint density at radius 2 is 1.78 bits per heavy atom. The zero-order valence-electron chi connectivity index (χ0n) is 12.7. The highest BCUT2D eigenvalue weighted by molar-refractivity contribution is 9.10. The maximum absolute atomic E-state index is 14.0. The van der Waals surface area contributed by atoms with Crippen molar-refractivity contribution in [1.29, 1.82) is 0 Å². The van der Waals surface area contributed by atoms with Gasteiger partial charge in [-0.15, -0.1) is 0 Å². The maximum atomic E-state index is 14.0. The largest absolute Gasteiger partial charge is 0.481 e. The molecular formula is C17H19BrFNO3. The minimum atomic E-state index is -0.769. The van der Waals surface area contributed by atoms with Crippen LogP contribution in [0.15, 0.2) is 16.6 Å². The second-order valence-corrected chi connectivity index (χ2v) is 7.24. The molecule has 1 fully saturated rings. The van der Waals surface area contributed by atoms with Crippen LogP contribution in [-0.2, 0) is 22.6 Å². The van der Waals surface area contributed by atoms with E-state index in [1.165, 1.54) is 6.07 Å². The van der Waals surface area contributed by atoms with Gasteiger partial charge in [-0.1, -0.05) is 15.9 Å². The Morgan fingerprint density at radius 1 is 1.13 bits per heavy atom. The van der Waals surface area contributed by atoms with Gasteiger partial charge in [0, 0.05) is 29.0 Å². The van der Waals surface area contributed by atoms with Gasteiger partial charge in [0.15, 0.2) is 0 Å². The summed E-state index contributed by atoms with van der Waals surface area (Å²) in [6, 6.07) is 3.13. The van der Waals surface area contributed by atoms with Crippen LogP contribution >= 0.6 is 15.9 Å². The third kappa shape index (κ3) is 3.27. The van der Waals surface area contributed by atoms with Gasteiger partial charge in [0.05, 0.1) is 5.92 Å². The summed E-state index contributed by atoms with van der Waals surface area (Å²) in [6.07, 6.45) is 2.97. The Hall–Kier alpha value is -1.43. The van der Waals surface area contributed by atoms with Crippen molar-refractivity contribution in [2.45, 2.75) is 38.6 Å². The van der Waals surface area contributed by atoms with Gasteiger partial charge in [0.1, 0.15) is 5.82 Å². The maximum Gasteiger partial charge on any atom is 0.306 e. The van der Waals surface area contributed by atoms with E-state index < -0.39 is 5.97 Å². The monoisotopic (exact) mass is 383 g/mol. The normalized spacial score (nSPS) is 24.2. The summed E-state index contributed by atoms with van der Waals surface area (Å²) in [5.74, 6) is -1.44. The Kier molecular flexibility index (Phi) is 4.71. The van der Waals surface area contributed by atoms with Crippen LogP contribution in [0.25, 0.3) is 0 Å². The lowest BCUT2D eigenvalue weighted by atomic mass is 9.81. The van der Waals surface area contributed by atoms with Crippen molar-refractivity contribution in [2.24, 2.45) is 11.8 Å². The van der Waals surface area contributed by atoms with Crippen LogP contribution in [0.3, 0.4) is 0 Å². The van der Waals surface area contributed by atoms with E-state index in [-0.39, 0.29) is 23.6 Å². The van der Waals surface area contributed by atoms with E-state index in [4.69, 9.17) is 5.11 Å². The van der Waals surface area contributed by atoms with Gasteiger partial charge in [0.25, 0.3) is 0 Å². The summed E-state index contributed by atoms with van der Waals surface area (Å²) in [7, 11) is 0. The topological polar surface area (TPSA) is 57.6 Å². The molecule has 0 saturated heterocycles. The van der Waals surface area contributed by atoms with Crippen LogP contribution < -0.4 is 0 Å². The molecule has 124 valence electrons.